The fraction of sp³-hybridized carbons (Fsp3) is 0.353. The molecule has 3 nitrogen and oxygen atoms in total. The maximum absolute atomic E-state index is 5.20. The molecule has 1 saturated heterocycles. The van der Waals surface area contributed by atoms with E-state index in [2.05, 4.69) is 34.6 Å². The Morgan fingerprint density at radius 3 is 2.75 bits per heavy atom. The zero-order valence-electron chi connectivity index (χ0n) is 11.8. The lowest BCUT2D eigenvalue weighted by molar-refractivity contribution is 0.415. The van der Waals surface area contributed by atoms with Crippen LogP contribution < -0.4 is 10.1 Å². The van der Waals surface area contributed by atoms with Gasteiger partial charge in [0.15, 0.2) is 0 Å². The van der Waals surface area contributed by atoms with E-state index in [1.807, 2.05) is 18.3 Å². The van der Waals surface area contributed by atoms with Crippen LogP contribution in [0.3, 0.4) is 0 Å². The monoisotopic (exact) mass is 268 g/mol. The van der Waals surface area contributed by atoms with Crippen LogP contribution in [0, 0.1) is 0 Å². The van der Waals surface area contributed by atoms with Crippen LogP contribution in [0.4, 0.5) is 0 Å². The molecule has 2 aromatic rings. The first-order valence-electron chi connectivity index (χ1n) is 7.18. The molecule has 1 aliphatic rings. The second-order valence-corrected chi connectivity index (χ2v) is 5.25. The summed E-state index contributed by atoms with van der Waals surface area (Å²) in [6.07, 6.45) is 4.44. The number of aromatic nitrogens is 1. The van der Waals surface area contributed by atoms with Crippen LogP contribution in [0.2, 0.25) is 0 Å². The van der Waals surface area contributed by atoms with Crippen LogP contribution >= 0.6 is 0 Å². The van der Waals surface area contributed by atoms with Gasteiger partial charge in [0.2, 0.25) is 0 Å². The minimum absolute atomic E-state index is 0.615. The molecule has 0 saturated carbocycles. The van der Waals surface area contributed by atoms with E-state index in [4.69, 9.17) is 4.74 Å². The Morgan fingerprint density at radius 1 is 1.20 bits per heavy atom. The standard InChI is InChI=1S/C17H20N2O/c1-20-16-6-4-13(5-7-16)17-11-14(8-10-19-17)15-3-2-9-18-12-15/h4-8,10-11,15,18H,2-3,9,12H2,1H3/t15-/m1/s1. The SMILES string of the molecule is COc1ccc(-c2cc([C@@H]3CCCNC3)ccn2)cc1. The van der Waals surface area contributed by atoms with E-state index in [0.717, 1.165) is 30.1 Å². The number of ether oxygens (including phenoxy) is 1. The van der Waals surface area contributed by atoms with Gasteiger partial charge < -0.3 is 10.1 Å². The Bertz CT molecular complexity index is 559. The third-order valence-electron chi connectivity index (χ3n) is 3.94. The van der Waals surface area contributed by atoms with Gasteiger partial charge in [0, 0.05) is 18.3 Å². The second-order valence-electron chi connectivity index (χ2n) is 5.25. The van der Waals surface area contributed by atoms with Crippen molar-refractivity contribution in [2.75, 3.05) is 20.2 Å². The predicted molar refractivity (Wildman–Crippen MR) is 81.1 cm³/mol. The molecule has 0 aliphatic carbocycles. The molecule has 0 amide bonds. The molecule has 3 heteroatoms. The van der Waals surface area contributed by atoms with Crippen LogP contribution in [0.15, 0.2) is 42.6 Å². The summed E-state index contributed by atoms with van der Waals surface area (Å²) in [7, 11) is 1.68. The minimum Gasteiger partial charge on any atom is -0.497 e. The van der Waals surface area contributed by atoms with Crippen molar-refractivity contribution in [1.29, 1.82) is 0 Å². The lowest BCUT2D eigenvalue weighted by Crippen LogP contribution is -2.28. The van der Waals surface area contributed by atoms with E-state index in [9.17, 15) is 0 Å². The summed E-state index contributed by atoms with van der Waals surface area (Å²) in [6.45, 7) is 2.22. The third-order valence-corrected chi connectivity index (χ3v) is 3.94. The van der Waals surface area contributed by atoms with Crippen molar-refractivity contribution in [1.82, 2.24) is 10.3 Å². The van der Waals surface area contributed by atoms with Crippen LogP contribution in [0.5, 0.6) is 5.75 Å². The van der Waals surface area contributed by atoms with Gasteiger partial charge in [-0.2, -0.15) is 0 Å². The second kappa shape index (κ2) is 6.06. The fourth-order valence-electron chi connectivity index (χ4n) is 2.76. The van der Waals surface area contributed by atoms with Gasteiger partial charge in [0.25, 0.3) is 0 Å². The first-order valence-corrected chi connectivity index (χ1v) is 7.18. The number of benzene rings is 1. The summed E-state index contributed by atoms with van der Waals surface area (Å²) in [5.74, 6) is 1.49. The molecule has 104 valence electrons. The van der Waals surface area contributed by atoms with Crippen LogP contribution in [0.1, 0.15) is 24.3 Å². The normalized spacial score (nSPS) is 18.8. The maximum atomic E-state index is 5.20. The Labute approximate surface area is 120 Å². The smallest absolute Gasteiger partial charge is 0.118 e. The van der Waals surface area contributed by atoms with Crippen molar-refractivity contribution in [2.24, 2.45) is 0 Å². The lowest BCUT2D eigenvalue weighted by Gasteiger charge is -2.23. The number of rotatable bonds is 3. The molecule has 1 N–H and O–H groups in total. The molecule has 0 spiro atoms. The first kappa shape index (κ1) is 13.1. The van der Waals surface area contributed by atoms with E-state index in [-0.39, 0.29) is 0 Å². The lowest BCUT2D eigenvalue weighted by atomic mass is 9.91. The number of hydrogen-bond acceptors (Lipinski definition) is 3. The van der Waals surface area contributed by atoms with Gasteiger partial charge in [-0.1, -0.05) is 0 Å². The van der Waals surface area contributed by atoms with Gasteiger partial charge in [0.1, 0.15) is 5.75 Å². The maximum Gasteiger partial charge on any atom is 0.118 e. The van der Waals surface area contributed by atoms with Crippen LogP contribution in [-0.2, 0) is 0 Å². The molecule has 1 aromatic heterocycles. The van der Waals surface area contributed by atoms with Gasteiger partial charge in [-0.15, -0.1) is 0 Å². The fourth-order valence-corrected chi connectivity index (χ4v) is 2.76. The average molecular weight is 268 g/mol. The van der Waals surface area contributed by atoms with E-state index in [0.29, 0.717) is 5.92 Å². The van der Waals surface area contributed by atoms with E-state index in [1.165, 1.54) is 18.4 Å². The van der Waals surface area contributed by atoms with Crippen molar-refractivity contribution in [3.05, 3.63) is 48.2 Å². The molecule has 20 heavy (non-hydrogen) atoms. The number of nitrogens with zero attached hydrogens (tertiary/aromatic N) is 1. The average Bonchev–Trinajstić information content (AvgIpc) is 2.56. The Kier molecular flexibility index (Phi) is 3.97. The largest absolute Gasteiger partial charge is 0.497 e. The molecule has 1 atom stereocenters. The Hall–Kier alpha value is -1.87. The van der Waals surface area contributed by atoms with Crippen molar-refractivity contribution >= 4 is 0 Å². The molecule has 0 unspecified atom stereocenters. The Balaban J connectivity index is 1.85. The highest BCUT2D eigenvalue weighted by Gasteiger charge is 2.15. The van der Waals surface area contributed by atoms with E-state index < -0.39 is 0 Å². The van der Waals surface area contributed by atoms with Gasteiger partial charge in [0.05, 0.1) is 12.8 Å². The molecule has 3 rings (SSSR count). The van der Waals surface area contributed by atoms with Crippen molar-refractivity contribution in [3.63, 3.8) is 0 Å². The Morgan fingerprint density at radius 2 is 2.05 bits per heavy atom. The molecule has 1 aliphatic heterocycles. The molecule has 0 radical (unpaired) electrons. The number of hydrogen-bond donors (Lipinski definition) is 1. The quantitative estimate of drug-likeness (QED) is 0.928. The van der Waals surface area contributed by atoms with E-state index in [1.54, 1.807) is 7.11 Å². The molecule has 1 fully saturated rings. The van der Waals surface area contributed by atoms with Crippen LogP contribution in [-0.4, -0.2) is 25.2 Å². The van der Waals surface area contributed by atoms with Gasteiger partial charge >= 0.3 is 0 Å². The summed E-state index contributed by atoms with van der Waals surface area (Å²) in [6, 6.07) is 12.4. The molecular weight excluding hydrogens is 248 g/mol. The zero-order chi connectivity index (χ0) is 13.8. The molecular formula is C17H20N2O. The predicted octanol–water partition coefficient (Wildman–Crippen LogP) is 3.22. The van der Waals surface area contributed by atoms with Crippen LogP contribution in [0.25, 0.3) is 11.3 Å². The van der Waals surface area contributed by atoms with Gasteiger partial charge in [-0.25, -0.2) is 0 Å². The summed E-state index contributed by atoms with van der Waals surface area (Å²) < 4.78 is 5.20. The number of methoxy groups -OCH3 is 1. The number of piperidine rings is 1. The highest BCUT2D eigenvalue weighted by Crippen LogP contribution is 2.27. The number of pyridine rings is 1. The van der Waals surface area contributed by atoms with Crippen molar-refractivity contribution in [3.8, 4) is 17.0 Å². The topological polar surface area (TPSA) is 34.1 Å². The molecule has 2 heterocycles. The molecule has 1 aromatic carbocycles. The van der Waals surface area contributed by atoms with E-state index >= 15 is 0 Å². The number of nitrogens with one attached hydrogen (secondary N) is 1. The summed E-state index contributed by atoms with van der Waals surface area (Å²) in [5.41, 5.74) is 3.56. The highest BCUT2D eigenvalue weighted by atomic mass is 16.5. The van der Waals surface area contributed by atoms with Crippen molar-refractivity contribution in [2.45, 2.75) is 18.8 Å². The van der Waals surface area contributed by atoms with Gasteiger partial charge in [-0.3, -0.25) is 4.98 Å². The summed E-state index contributed by atoms with van der Waals surface area (Å²) in [4.78, 5) is 4.50. The first-order chi connectivity index (χ1) is 9.86. The molecule has 0 bridgehead atoms. The highest BCUT2D eigenvalue weighted by molar-refractivity contribution is 5.60. The summed E-state index contributed by atoms with van der Waals surface area (Å²) >= 11 is 0. The van der Waals surface area contributed by atoms with Gasteiger partial charge in [-0.05, 0) is 67.3 Å². The summed E-state index contributed by atoms with van der Waals surface area (Å²) in [5, 5.41) is 3.47. The minimum atomic E-state index is 0.615. The van der Waals surface area contributed by atoms with Crippen molar-refractivity contribution < 1.29 is 4.74 Å². The zero-order valence-corrected chi connectivity index (χ0v) is 11.8. The third kappa shape index (κ3) is 2.83.